The maximum absolute atomic E-state index is 13.3. The molecule has 0 fully saturated rings. The number of halogens is 3. The van der Waals surface area contributed by atoms with Crippen molar-refractivity contribution < 1.29 is 17.9 Å². The number of rotatable bonds is 5. The number of nitriles is 1. The van der Waals surface area contributed by atoms with Crippen molar-refractivity contribution in [3.63, 3.8) is 0 Å². The first-order valence-corrected chi connectivity index (χ1v) is 11.5. The zero-order valence-electron chi connectivity index (χ0n) is 20.3. The van der Waals surface area contributed by atoms with Gasteiger partial charge in [-0.15, -0.1) is 5.10 Å². The van der Waals surface area contributed by atoms with Gasteiger partial charge in [-0.3, -0.25) is 0 Å². The number of aromatic nitrogens is 4. The highest BCUT2D eigenvalue weighted by molar-refractivity contribution is 5.91. The molecule has 0 aliphatic heterocycles. The Morgan fingerprint density at radius 1 is 0.974 bits per heavy atom. The van der Waals surface area contributed by atoms with Crippen LogP contribution >= 0.6 is 0 Å². The highest BCUT2D eigenvalue weighted by Crippen LogP contribution is 2.35. The van der Waals surface area contributed by atoms with Crippen molar-refractivity contribution in [1.29, 1.82) is 5.26 Å². The summed E-state index contributed by atoms with van der Waals surface area (Å²) in [5.74, 6) is 0.661. The fourth-order valence-corrected chi connectivity index (χ4v) is 4.26. The van der Waals surface area contributed by atoms with Crippen molar-refractivity contribution in [1.82, 2.24) is 19.2 Å². The number of alkyl halides is 3. The van der Waals surface area contributed by atoms with Gasteiger partial charge < -0.3 is 4.74 Å². The zero-order valence-corrected chi connectivity index (χ0v) is 20.3. The van der Waals surface area contributed by atoms with Crippen molar-refractivity contribution in [3.8, 4) is 34.1 Å². The monoisotopic (exact) mass is 515 g/mol. The molecule has 3 aromatic heterocycles. The van der Waals surface area contributed by atoms with Gasteiger partial charge in [0, 0.05) is 17.5 Å². The molecule has 0 saturated heterocycles. The summed E-state index contributed by atoms with van der Waals surface area (Å²) in [4.78, 5) is 17.0. The summed E-state index contributed by atoms with van der Waals surface area (Å²) in [7, 11) is 1.57. The molecule has 0 amide bonds. The van der Waals surface area contributed by atoms with Gasteiger partial charge in [0.2, 0.25) is 0 Å². The molecule has 38 heavy (non-hydrogen) atoms. The van der Waals surface area contributed by atoms with Crippen molar-refractivity contribution in [2.24, 2.45) is 0 Å². The first-order valence-electron chi connectivity index (χ1n) is 11.5. The molecule has 0 bridgehead atoms. The van der Waals surface area contributed by atoms with Crippen LogP contribution in [0.1, 0.15) is 22.5 Å². The van der Waals surface area contributed by atoms with E-state index in [1.165, 1.54) is 22.1 Å². The van der Waals surface area contributed by atoms with Crippen molar-refractivity contribution in [2.45, 2.75) is 19.6 Å². The molecule has 0 unspecified atom stereocenters. The molecule has 190 valence electrons. The van der Waals surface area contributed by atoms with E-state index in [0.29, 0.717) is 28.1 Å². The Hall–Kier alpha value is -4.91. The predicted molar refractivity (Wildman–Crippen MR) is 135 cm³/mol. The number of aryl methyl sites for hydroxylation is 1. The molecule has 0 atom stereocenters. The van der Waals surface area contributed by atoms with Gasteiger partial charge in [-0.25, -0.2) is 18.9 Å². The van der Waals surface area contributed by atoms with E-state index in [4.69, 9.17) is 4.74 Å². The molecule has 7 nitrogen and oxygen atoms in total. The fourth-order valence-electron chi connectivity index (χ4n) is 4.26. The number of pyridine rings is 2. The van der Waals surface area contributed by atoms with Gasteiger partial charge in [0.15, 0.2) is 5.65 Å². The molecule has 0 aliphatic carbocycles. The van der Waals surface area contributed by atoms with Crippen LogP contribution in [0.15, 0.2) is 77.7 Å². The Morgan fingerprint density at radius 2 is 1.66 bits per heavy atom. The van der Waals surface area contributed by atoms with Gasteiger partial charge in [-0.05, 0) is 65.6 Å². The van der Waals surface area contributed by atoms with Crippen LogP contribution in [0.5, 0.6) is 5.75 Å². The Morgan fingerprint density at radius 3 is 2.26 bits per heavy atom. The summed E-state index contributed by atoms with van der Waals surface area (Å²) < 4.78 is 47.0. The van der Waals surface area contributed by atoms with Crippen LogP contribution in [0.4, 0.5) is 13.2 Å². The Kier molecular flexibility index (Phi) is 6.20. The summed E-state index contributed by atoms with van der Waals surface area (Å²) in [6, 6.07) is 20.5. The third kappa shape index (κ3) is 4.50. The van der Waals surface area contributed by atoms with E-state index in [0.717, 1.165) is 22.8 Å². The Labute approximate surface area is 215 Å². The number of benzene rings is 2. The Balaban J connectivity index is 1.67. The van der Waals surface area contributed by atoms with Gasteiger partial charge in [-0.2, -0.15) is 18.4 Å². The maximum Gasteiger partial charge on any atom is 0.433 e. The van der Waals surface area contributed by atoms with E-state index in [1.54, 1.807) is 43.6 Å². The van der Waals surface area contributed by atoms with E-state index in [2.05, 4.69) is 16.2 Å². The normalized spacial score (nSPS) is 11.5. The van der Waals surface area contributed by atoms with E-state index >= 15 is 0 Å². The number of nitrogens with zero attached hydrogens (tertiary/aromatic N) is 5. The second kappa shape index (κ2) is 9.52. The van der Waals surface area contributed by atoms with Crippen LogP contribution in [0.3, 0.4) is 0 Å². The molecular weight excluding hydrogens is 495 g/mol. The van der Waals surface area contributed by atoms with Crippen LogP contribution < -0.4 is 10.4 Å². The Bertz CT molecular complexity index is 1750. The molecule has 5 rings (SSSR count). The fraction of sp³-hybridized carbons (Fsp3) is 0.143. The van der Waals surface area contributed by atoms with Gasteiger partial charge in [-0.1, -0.05) is 30.3 Å². The number of hydrogen-bond acceptors (Lipinski definition) is 5. The lowest BCUT2D eigenvalue weighted by molar-refractivity contribution is -0.141. The first-order chi connectivity index (χ1) is 18.2. The zero-order chi connectivity index (χ0) is 27.0. The minimum Gasteiger partial charge on any atom is -0.497 e. The lowest BCUT2D eigenvalue weighted by Crippen LogP contribution is -2.22. The second-order valence-corrected chi connectivity index (χ2v) is 8.59. The third-order valence-corrected chi connectivity index (χ3v) is 6.26. The molecular formula is C28H20F3N5O2. The molecule has 3 heterocycles. The van der Waals surface area contributed by atoms with Crippen molar-refractivity contribution >= 4 is 5.65 Å². The summed E-state index contributed by atoms with van der Waals surface area (Å²) in [6.07, 6.45) is -2.95. The molecule has 0 radical (unpaired) electrons. The van der Waals surface area contributed by atoms with Crippen LogP contribution in [0.2, 0.25) is 0 Å². The number of methoxy groups -OCH3 is 1. The minimum absolute atomic E-state index is 0.0499. The number of ether oxygens (including phenoxy) is 1. The lowest BCUT2D eigenvalue weighted by Gasteiger charge is -2.12. The predicted octanol–water partition coefficient (Wildman–Crippen LogP) is 5.48. The summed E-state index contributed by atoms with van der Waals surface area (Å²) >= 11 is 0. The van der Waals surface area contributed by atoms with Crippen LogP contribution in [0, 0.1) is 18.3 Å². The number of fused-ring (bicyclic) bond motifs is 1. The van der Waals surface area contributed by atoms with E-state index < -0.39 is 17.6 Å². The van der Waals surface area contributed by atoms with Crippen LogP contribution in [-0.4, -0.2) is 26.3 Å². The SMILES string of the molecule is COc1ccc(-c2c(-c3ccc(C#N)cc3)ccn3c(=O)n(Cc4ccc(C(F)(F)F)nc4C)nc23)cc1. The third-order valence-electron chi connectivity index (χ3n) is 6.26. The smallest absolute Gasteiger partial charge is 0.433 e. The average molecular weight is 515 g/mol. The second-order valence-electron chi connectivity index (χ2n) is 8.59. The molecule has 0 saturated carbocycles. The summed E-state index contributed by atoms with van der Waals surface area (Å²) in [5.41, 5.74) is 3.13. The minimum atomic E-state index is -4.56. The molecule has 2 aromatic carbocycles. The first kappa shape index (κ1) is 24.8. The largest absolute Gasteiger partial charge is 0.497 e. The summed E-state index contributed by atoms with van der Waals surface area (Å²) in [5, 5.41) is 13.8. The quantitative estimate of drug-likeness (QED) is 0.309. The summed E-state index contributed by atoms with van der Waals surface area (Å²) in [6.45, 7) is 1.42. The number of hydrogen-bond donors (Lipinski definition) is 0. The molecule has 10 heteroatoms. The van der Waals surface area contributed by atoms with Crippen LogP contribution in [0.25, 0.3) is 27.9 Å². The van der Waals surface area contributed by atoms with E-state index in [-0.39, 0.29) is 12.2 Å². The molecule has 5 aromatic rings. The van der Waals surface area contributed by atoms with Crippen LogP contribution in [-0.2, 0) is 12.7 Å². The highest BCUT2D eigenvalue weighted by Gasteiger charge is 2.32. The van der Waals surface area contributed by atoms with E-state index in [1.807, 2.05) is 24.3 Å². The highest BCUT2D eigenvalue weighted by atomic mass is 19.4. The van der Waals surface area contributed by atoms with Crippen molar-refractivity contribution in [3.05, 3.63) is 106 Å². The van der Waals surface area contributed by atoms with E-state index in [9.17, 15) is 23.2 Å². The van der Waals surface area contributed by atoms with Gasteiger partial charge >= 0.3 is 11.9 Å². The standard InChI is InChI=1S/C28H20F3N5O2/c1-17-21(9-12-24(33-17)28(29,30)31)16-36-27(37)35-14-13-23(19-5-3-18(15-32)4-6-19)25(26(35)34-36)20-7-10-22(38-2)11-8-20/h3-14H,16H2,1-2H3. The van der Waals surface area contributed by atoms with Gasteiger partial charge in [0.05, 0.1) is 25.3 Å². The topological polar surface area (TPSA) is 85.2 Å². The van der Waals surface area contributed by atoms with Gasteiger partial charge in [0.25, 0.3) is 0 Å². The average Bonchev–Trinajstić information content (AvgIpc) is 3.23. The molecule has 0 aliphatic rings. The molecule has 0 spiro atoms. The van der Waals surface area contributed by atoms with Gasteiger partial charge in [0.1, 0.15) is 11.4 Å². The maximum atomic E-state index is 13.3. The molecule has 0 N–H and O–H groups in total. The van der Waals surface area contributed by atoms with Crippen molar-refractivity contribution in [2.75, 3.05) is 7.11 Å². The lowest BCUT2D eigenvalue weighted by atomic mass is 9.95.